The fourth-order valence-electron chi connectivity index (χ4n) is 1.71. The van der Waals surface area contributed by atoms with Crippen LogP contribution in [0.4, 0.5) is 4.79 Å². The molecule has 1 aliphatic rings. The van der Waals surface area contributed by atoms with Crippen LogP contribution in [-0.4, -0.2) is 24.3 Å². The van der Waals surface area contributed by atoms with E-state index in [1.54, 1.807) is 0 Å². The molecule has 0 aromatic heterocycles. The first-order valence-electron chi connectivity index (χ1n) is 5.30. The molecule has 1 amide bonds. The molecule has 0 aromatic rings. The molecule has 82 valence electrons. The SMILES string of the molecule is CC(C)NC(=O)OC1CCCC(N)C1. The van der Waals surface area contributed by atoms with Crippen molar-refractivity contribution in [2.45, 2.75) is 57.7 Å². The molecular weight excluding hydrogens is 180 g/mol. The fourth-order valence-corrected chi connectivity index (χ4v) is 1.71. The van der Waals surface area contributed by atoms with E-state index in [2.05, 4.69) is 5.32 Å². The molecule has 0 saturated heterocycles. The van der Waals surface area contributed by atoms with E-state index in [0.717, 1.165) is 25.7 Å². The van der Waals surface area contributed by atoms with Gasteiger partial charge in [-0.1, -0.05) is 0 Å². The molecule has 1 saturated carbocycles. The molecule has 3 N–H and O–H groups in total. The van der Waals surface area contributed by atoms with Crippen LogP contribution in [0.15, 0.2) is 0 Å². The second kappa shape index (κ2) is 5.20. The normalized spacial score (nSPS) is 27.4. The number of rotatable bonds is 2. The third-order valence-electron chi connectivity index (χ3n) is 2.35. The Morgan fingerprint density at radius 3 is 2.79 bits per heavy atom. The van der Waals surface area contributed by atoms with Gasteiger partial charge in [0.2, 0.25) is 0 Å². The number of carbonyl (C=O) groups excluding carboxylic acids is 1. The van der Waals surface area contributed by atoms with Crippen molar-refractivity contribution in [3.05, 3.63) is 0 Å². The van der Waals surface area contributed by atoms with E-state index in [-0.39, 0.29) is 24.3 Å². The Labute approximate surface area is 85.2 Å². The van der Waals surface area contributed by atoms with Crippen LogP contribution in [0.5, 0.6) is 0 Å². The van der Waals surface area contributed by atoms with Gasteiger partial charge in [-0.15, -0.1) is 0 Å². The molecule has 1 aliphatic carbocycles. The van der Waals surface area contributed by atoms with Crippen LogP contribution in [-0.2, 0) is 4.74 Å². The van der Waals surface area contributed by atoms with Gasteiger partial charge in [-0.25, -0.2) is 4.79 Å². The minimum Gasteiger partial charge on any atom is -0.446 e. The van der Waals surface area contributed by atoms with E-state index in [1.807, 2.05) is 13.8 Å². The average molecular weight is 200 g/mol. The molecule has 0 spiro atoms. The highest BCUT2D eigenvalue weighted by Crippen LogP contribution is 2.19. The molecule has 4 nitrogen and oxygen atoms in total. The summed E-state index contributed by atoms with van der Waals surface area (Å²) in [6.45, 7) is 3.82. The number of alkyl carbamates (subject to hydrolysis) is 1. The Hall–Kier alpha value is -0.770. The first-order chi connectivity index (χ1) is 6.58. The van der Waals surface area contributed by atoms with Crippen LogP contribution < -0.4 is 11.1 Å². The molecule has 0 aromatic carbocycles. The number of ether oxygens (including phenoxy) is 1. The van der Waals surface area contributed by atoms with Gasteiger partial charge in [-0.3, -0.25) is 0 Å². The van der Waals surface area contributed by atoms with Crippen molar-refractivity contribution in [2.75, 3.05) is 0 Å². The topological polar surface area (TPSA) is 64.3 Å². The highest BCUT2D eigenvalue weighted by atomic mass is 16.6. The highest BCUT2D eigenvalue weighted by molar-refractivity contribution is 5.67. The average Bonchev–Trinajstić information content (AvgIpc) is 2.01. The van der Waals surface area contributed by atoms with Gasteiger partial charge in [0.25, 0.3) is 0 Å². The lowest BCUT2D eigenvalue weighted by Crippen LogP contribution is -2.38. The van der Waals surface area contributed by atoms with Crippen LogP contribution in [0.3, 0.4) is 0 Å². The molecular formula is C10H20N2O2. The summed E-state index contributed by atoms with van der Waals surface area (Å²) in [5.41, 5.74) is 5.79. The van der Waals surface area contributed by atoms with Crippen LogP contribution in [0.2, 0.25) is 0 Å². The van der Waals surface area contributed by atoms with Gasteiger partial charge in [0.15, 0.2) is 0 Å². The number of hydrogen-bond acceptors (Lipinski definition) is 3. The minimum atomic E-state index is -0.320. The van der Waals surface area contributed by atoms with Crippen molar-refractivity contribution in [3.8, 4) is 0 Å². The Balaban J connectivity index is 2.25. The molecule has 4 heteroatoms. The van der Waals surface area contributed by atoms with Crippen LogP contribution in [0.25, 0.3) is 0 Å². The number of carbonyl (C=O) groups is 1. The number of nitrogens with one attached hydrogen (secondary N) is 1. The summed E-state index contributed by atoms with van der Waals surface area (Å²) in [6, 6.07) is 0.320. The van der Waals surface area contributed by atoms with Gasteiger partial charge in [-0.2, -0.15) is 0 Å². The van der Waals surface area contributed by atoms with Gasteiger partial charge < -0.3 is 15.8 Å². The smallest absolute Gasteiger partial charge is 0.407 e. The lowest BCUT2D eigenvalue weighted by molar-refractivity contribution is 0.0690. The van der Waals surface area contributed by atoms with E-state index in [4.69, 9.17) is 10.5 Å². The van der Waals surface area contributed by atoms with Crippen molar-refractivity contribution in [1.82, 2.24) is 5.32 Å². The van der Waals surface area contributed by atoms with Crippen LogP contribution >= 0.6 is 0 Å². The monoisotopic (exact) mass is 200 g/mol. The summed E-state index contributed by atoms with van der Waals surface area (Å²) >= 11 is 0. The summed E-state index contributed by atoms with van der Waals surface area (Å²) in [5.74, 6) is 0. The molecule has 0 aliphatic heterocycles. The van der Waals surface area contributed by atoms with Gasteiger partial charge in [0.1, 0.15) is 6.10 Å². The molecule has 0 bridgehead atoms. The quantitative estimate of drug-likeness (QED) is 0.708. The van der Waals surface area contributed by atoms with Crippen molar-refractivity contribution < 1.29 is 9.53 Å². The van der Waals surface area contributed by atoms with E-state index in [1.165, 1.54) is 0 Å². The van der Waals surface area contributed by atoms with Crippen molar-refractivity contribution in [2.24, 2.45) is 5.73 Å². The lowest BCUT2D eigenvalue weighted by Gasteiger charge is -2.26. The second-order valence-electron chi connectivity index (χ2n) is 4.25. The summed E-state index contributed by atoms with van der Waals surface area (Å²) in [4.78, 5) is 11.3. The molecule has 2 atom stereocenters. The zero-order valence-electron chi connectivity index (χ0n) is 8.95. The maximum Gasteiger partial charge on any atom is 0.407 e. The van der Waals surface area contributed by atoms with Crippen molar-refractivity contribution in [1.29, 1.82) is 0 Å². The molecule has 1 fully saturated rings. The third kappa shape index (κ3) is 3.96. The fraction of sp³-hybridized carbons (Fsp3) is 0.900. The third-order valence-corrected chi connectivity index (χ3v) is 2.35. The van der Waals surface area contributed by atoms with E-state index < -0.39 is 0 Å². The lowest BCUT2D eigenvalue weighted by atomic mass is 9.94. The van der Waals surface area contributed by atoms with Gasteiger partial charge in [-0.05, 0) is 39.5 Å². The first kappa shape index (κ1) is 11.3. The second-order valence-corrected chi connectivity index (χ2v) is 4.25. The zero-order valence-corrected chi connectivity index (χ0v) is 8.95. The summed E-state index contributed by atoms with van der Waals surface area (Å²) in [7, 11) is 0. The Kier molecular flexibility index (Phi) is 4.20. The van der Waals surface area contributed by atoms with E-state index in [0.29, 0.717) is 0 Å². The standard InChI is InChI=1S/C10H20N2O2/c1-7(2)12-10(13)14-9-5-3-4-8(11)6-9/h7-9H,3-6,11H2,1-2H3,(H,12,13). The first-order valence-corrected chi connectivity index (χ1v) is 5.30. The Bertz CT molecular complexity index is 195. The van der Waals surface area contributed by atoms with Gasteiger partial charge >= 0.3 is 6.09 Å². The minimum absolute atomic E-state index is 0.0116. The summed E-state index contributed by atoms with van der Waals surface area (Å²) in [6.07, 6.45) is 3.54. The molecule has 14 heavy (non-hydrogen) atoms. The summed E-state index contributed by atoms with van der Waals surface area (Å²) in [5, 5.41) is 2.70. The summed E-state index contributed by atoms with van der Waals surface area (Å²) < 4.78 is 5.24. The van der Waals surface area contributed by atoms with Crippen molar-refractivity contribution in [3.63, 3.8) is 0 Å². The predicted molar refractivity (Wildman–Crippen MR) is 55.0 cm³/mol. The Morgan fingerprint density at radius 2 is 2.21 bits per heavy atom. The number of amides is 1. The molecule has 0 heterocycles. The molecule has 1 rings (SSSR count). The van der Waals surface area contributed by atoms with Gasteiger partial charge in [0, 0.05) is 12.1 Å². The molecule has 2 unspecified atom stereocenters. The highest BCUT2D eigenvalue weighted by Gasteiger charge is 2.22. The maximum absolute atomic E-state index is 11.3. The van der Waals surface area contributed by atoms with E-state index in [9.17, 15) is 4.79 Å². The van der Waals surface area contributed by atoms with Crippen LogP contribution in [0.1, 0.15) is 39.5 Å². The zero-order chi connectivity index (χ0) is 10.6. The van der Waals surface area contributed by atoms with Crippen molar-refractivity contribution >= 4 is 6.09 Å². The largest absolute Gasteiger partial charge is 0.446 e. The van der Waals surface area contributed by atoms with Gasteiger partial charge in [0.05, 0.1) is 0 Å². The predicted octanol–water partition coefficient (Wildman–Crippen LogP) is 1.39. The van der Waals surface area contributed by atoms with Crippen LogP contribution in [0, 0.1) is 0 Å². The number of nitrogens with two attached hydrogens (primary N) is 1. The Morgan fingerprint density at radius 1 is 1.50 bits per heavy atom. The molecule has 0 radical (unpaired) electrons. The maximum atomic E-state index is 11.3. The van der Waals surface area contributed by atoms with E-state index >= 15 is 0 Å². The number of hydrogen-bond donors (Lipinski definition) is 2.